The van der Waals surface area contributed by atoms with Gasteiger partial charge < -0.3 is 10.6 Å². The van der Waals surface area contributed by atoms with Gasteiger partial charge in [0.2, 0.25) is 5.91 Å². The van der Waals surface area contributed by atoms with Gasteiger partial charge in [0.05, 0.1) is 0 Å². The highest BCUT2D eigenvalue weighted by atomic mass is 16.2. The quantitative estimate of drug-likeness (QED) is 0.924. The van der Waals surface area contributed by atoms with E-state index in [1.54, 1.807) is 0 Å². The van der Waals surface area contributed by atoms with E-state index in [0.29, 0.717) is 23.7 Å². The van der Waals surface area contributed by atoms with Crippen LogP contribution in [0.5, 0.6) is 0 Å². The molecule has 1 saturated heterocycles. The monoisotopic (exact) mass is 284 g/mol. The van der Waals surface area contributed by atoms with Gasteiger partial charge in [-0.15, -0.1) is 0 Å². The Hall–Kier alpha value is -1.35. The van der Waals surface area contributed by atoms with Gasteiger partial charge in [-0.1, -0.05) is 24.3 Å². The smallest absolute Gasteiger partial charge is 0.226 e. The molecule has 0 radical (unpaired) electrons. The zero-order valence-corrected chi connectivity index (χ0v) is 12.5. The first-order chi connectivity index (χ1) is 10.3. The first-order valence-corrected chi connectivity index (χ1v) is 8.36. The first-order valence-electron chi connectivity index (χ1n) is 8.36. The molecular formula is C18H24N2O. The molecule has 112 valence electrons. The Balaban J connectivity index is 1.46. The van der Waals surface area contributed by atoms with E-state index in [2.05, 4.69) is 29.2 Å². The van der Waals surface area contributed by atoms with Crippen molar-refractivity contribution in [2.75, 3.05) is 19.6 Å². The number of benzene rings is 1. The second-order valence-electron chi connectivity index (χ2n) is 6.97. The maximum atomic E-state index is 12.8. The number of rotatable bonds is 3. The summed E-state index contributed by atoms with van der Waals surface area (Å²) in [5, 5.41) is 0. The largest absolute Gasteiger partial charge is 0.342 e. The van der Waals surface area contributed by atoms with Crippen LogP contribution in [0, 0.1) is 17.8 Å². The third-order valence-electron chi connectivity index (χ3n) is 5.79. The fraction of sp³-hybridized carbons (Fsp3) is 0.611. The van der Waals surface area contributed by atoms with Crippen molar-refractivity contribution >= 4 is 5.91 Å². The summed E-state index contributed by atoms with van der Waals surface area (Å²) in [5.74, 6) is 2.44. The molecule has 1 aromatic rings. The van der Waals surface area contributed by atoms with Crippen molar-refractivity contribution in [2.24, 2.45) is 23.5 Å². The highest BCUT2D eigenvalue weighted by molar-refractivity contribution is 5.84. The lowest BCUT2D eigenvalue weighted by Crippen LogP contribution is -2.31. The van der Waals surface area contributed by atoms with Crippen LogP contribution in [0.15, 0.2) is 24.3 Å². The molecule has 1 aromatic carbocycles. The average molecular weight is 284 g/mol. The molecule has 1 saturated carbocycles. The minimum atomic E-state index is 0.269. The Bertz CT molecular complexity index is 556. The Morgan fingerprint density at radius 3 is 3.00 bits per heavy atom. The van der Waals surface area contributed by atoms with Crippen LogP contribution in [0.4, 0.5) is 0 Å². The van der Waals surface area contributed by atoms with Crippen molar-refractivity contribution < 1.29 is 4.79 Å². The molecule has 1 amide bonds. The van der Waals surface area contributed by atoms with Crippen molar-refractivity contribution in [1.82, 2.24) is 4.90 Å². The molecule has 4 rings (SSSR count). The molecule has 1 heterocycles. The summed E-state index contributed by atoms with van der Waals surface area (Å²) in [6.07, 6.45) is 4.54. The molecule has 2 aliphatic carbocycles. The number of aryl methyl sites for hydroxylation is 1. The summed E-state index contributed by atoms with van der Waals surface area (Å²) in [4.78, 5) is 14.9. The van der Waals surface area contributed by atoms with Crippen molar-refractivity contribution in [1.29, 1.82) is 0 Å². The molecule has 2 fully saturated rings. The number of likely N-dealkylation sites (tertiary alicyclic amines) is 1. The number of fused-ring (bicyclic) bond motifs is 3. The highest BCUT2D eigenvalue weighted by Crippen LogP contribution is 2.60. The van der Waals surface area contributed by atoms with E-state index < -0.39 is 0 Å². The highest BCUT2D eigenvalue weighted by Gasteiger charge is 2.58. The summed E-state index contributed by atoms with van der Waals surface area (Å²) in [6, 6.07) is 8.71. The van der Waals surface area contributed by atoms with Crippen LogP contribution < -0.4 is 5.73 Å². The van der Waals surface area contributed by atoms with Crippen molar-refractivity contribution in [3.05, 3.63) is 35.4 Å². The third kappa shape index (κ3) is 2.18. The normalized spacial score (nSPS) is 33.5. The lowest BCUT2D eigenvalue weighted by molar-refractivity contribution is -0.132. The Morgan fingerprint density at radius 2 is 2.14 bits per heavy atom. The van der Waals surface area contributed by atoms with Crippen LogP contribution in [0.3, 0.4) is 0 Å². The van der Waals surface area contributed by atoms with Crippen LogP contribution >= 0.6 is 0 Å². The van der Waals surface area contributed by atoms with E-state index in [4.69, 9.17) is 5.73 Å². The van der Waals surface area contributed by atoms with Gasteiger partial charge in [-0.2, -0.15) is 0 Å². The fourth-order valence-electron chi connectivity index (χ4n) is 4.62. The molecule has 3 aliphatic rings. The van der Waals surface area contributed by atoms with Gasteiger partial charge in [0.15, 0.2) is 0 Å². The minimum absolute atomic E-state index is 0.269. The molecule has 2 N–H and O–H groups in total. The Morgan fingerprint density at radius 1 is 1.29 bits per heavy atom. The van der Waals surface area contributed by atoms with Gasteiger partial charge in [0.1, 0.15) is 0 Å². The van der Waals surface area contributed by atoms with E-state index in [9.17, 15) is 4.79 Å². The van der Waals surface area contributed by atoms with Crippen LogP contribution in [0.2, 0.25) is 0 Å². The summed E-state index contributed by atoms with van der Waals surface area (Å²) < 4.78 is 0. The lowest BCUT2D eigenvalue weighted by atomic mass is 9.92. The van der Waals surface area contributed by atoms with E-state index in [-0.39, 0.29) is 5.92 Å². The Kier molecular flexibility index (Phi) is 3.26. The van der Waals surface area contributed by atoms with E-state index in [1.807, 2.05) is 0 Å². The fourth-order valence-corrected chi connectivity index (χ4v) is 4.62. The molecule has 0 spiro atoms. The predicted molar refractivity (Wildman–Crippen MR) is 82.8 cm³/mol. The molecule has 1 aliphatic heterocycles. The molecule has 21 heavy (non-hydrogen) atoms. The van der Waals surface area contributed by atoms with Crippen LogP contribution in [-0.4, -0.2) is 30.4 Å². The van der Waals surface area contributed by atoms with Gasteiger partial charge in [-0.05, 0) is 61.1 Å². The number of carbonyl (C=O) groups is 1. The summed E-state index contributed by atoms with van der Waals surface area (Å²) in [5.41, 5.74) is 8.56. The van der Waals surface area contributed by atoms with Gasteiger partial charge in [0.25, 0.3) is 0 Å². The standard InChI is InChI=1S/C18H24N2O/c19-9-7-12-8-10-20(11-12)18(21)17-15-6-5-13-3-1-2-4-14(13)16(15)17/h1-4,12,15-17H,5-11,19H2. The molecule has 4 atom stereocenters. The van der Waals surface area contributed by atoms with Crippen LogP contribution in [0.1, 0.15) is 36.3 Å². The predicted octanol–water partition coefficient (Wildman–Crippen LogP) is 2.16. The third-order valence-corrected chi connectivity index (χ3v) is 5.79. The van der Waals surface area contributed by atoms with Gasteiger partial charge in [-0.25, -0.2) is 0 Å². The van der Waals surface area contributed by atoms with Crippen molar-refractivity contribution in [3.63, 3.8) is 0 Å². The molecular weight excluding hydrogens is 260 g/mol. The summed E-state index contributed by atoms with van der Waals surface area (Å²) in [7, 11) is 0. The van der Waals surface area contributed by atoms with Crippen LogP contribution in [-0.2, 0) is 11.2 Å². The molecule has 3 nitrogen and oxygen atoms in total. The number of hydrogen-bond donors (Lipinski definition) is 1. The van der Waals surface area contributed by atoms with E-state index in [0.717, 1.165) is 38.9 Å². The lowest BCUT2D eigenvalue weighted by Gasteiger charge is -2.16. The number of nitrogens with two attached hydrogens (primary N) is 1. The second-order valence-corrected chi connectivity index (χ2v) is 6.97. The number of hydrogen-bond acceptors (Lipinski definition) is 2. The van der Waals surface area contributed by atoms with E-state index in [1.165, 1.54) is 17.5 Å². The van der Waals surface area contributed by atoms with Crippen molar-refractivity contribution in [3.8, 4) is 0 Å². The zero-order chi connectivity index (χ0) is 14.4. The number of carbonyl (C=O) groups excluding carboxylic acids is 1. The zero-order valence-electron chi connectivity index (χ0n) is 12.5. The minimum Gasteiger partial charge on any atom is -0.342 e. The molecule has 3 heteroatoms. The second kappa shape index (κ2) is 5.13. The topological polar surface area (TPSA) is 46.3 Å². The van der Waals surface area contributed by atoms with Crippen molar-refractivity contribution in [2.45, 2.75) is 31.6 Å². The SMILES string of the molecule is NCCC1CCN(C(=O)C2C3CCc4ccccc4C32)C1. The number of amides is 1. The van der Waals surface area contributed by atoms with Crippen LogP contribution in [0.25, 0.3) is 0 Å². The van der Waals surface area contributed by atoms with Gasteiger partial charge in [-0.3, -0.25) is 4.79 Å². The van der Waals surface area contributed by atoms with Gasteiger partial charge in [0, 0.05) is 19.0 Å². The first kappa shape index (κ1) is 13.3. The summed E-state index contributed by atoms with van der Waals surface area (Å²) >= 11 is 0. The molecule has 0 bridgehead atoms. The number of nitrogens with zero attached hydrogens (tertiary/aromatic N) is 1. The molecule has 4 unspecified atom stereocenters. The molecule has 0 aromatic heterocycles. The van der Waals surface area contributed by atoms with E-state index >= 15 is 0 Å². The maximum absolute atomic E-state index is 12.8. The Labute approximate surface area is 126 Å². The summed E-state index contributed by atoms with van der Waals surface area (Å²) in [6.45, 7) is 2.63. The van der Waals surface area contributed by atoms with Gasteiger partial charge >= 0.3 is 0 Å². The maximum Gasteiger partial charge on any atom is 0.226 e. The average Bonchev–Trinajstić information content (AvgIpc) is 3.08.